The number of benzene rings is 1. The Kier molecular flexibility index (Phi) is 4.02. The second kappa shape index (κ2) is 5.53. The molecule has 3 heteroatoms. The van der Waals surface area contributed by atoms with E-state index in [1.165, 1.54) is 0 Å². The van der Waals surface area contributed by atoms with Gasteiger partial charge in [-0.15, -0.1) is 0 Å². The van der Waals surface area contributed by atoms with Crippen LogP contribution in [0.15, 0.2) is 24.3 Å². The molecule has 98 valence electrons. The van der Waals surface area contributed by atoms with Gasteiger partial charge in [-0.05, 0) is 38.8 Å². The molecule has 0 radical (unpaired) electrons. The molecular weight excluding hydrogens is 226 g/mol. The number of hydrogen-bond acceptors (Lipinski definition) is 2. The van der Waals surface area contributed by atoms with Crippen LogP contribution >= 0.6 is 0 Å². The van der Waals surface area contributed by atoms with Crippen molar-refractivity contribution in [2.24, 2.45) is 5.92 Å². The summed E-state index contributed by atoms with van der Waals surface area (Å²) in [6.45, 7) is 7.42. The molecule has 1 fully saturated rings. The highest BCUT2D eigenvalue weighted by Gasteiger charge is 2.30. The van der Waals surface area contributed by atoms with E-state index in [-0.39, 0.29) is 17.9 Å². The van der Waals surface area contributed by atoms with Gasteiger partial charge < -0.3 is 9.64 Å². The Morgan fingerprint density at radius 3 is 2.67 bits per heavy atom. The van der Waals surface area contributed by atoms with Crippen molar-refractivity contribution in [1.29, 1.82) is 0 Å². The third-order valence-corrected chi connectivity index (χ3v) is 3.41. The number of carbonyl (C=O) groups excluding carboxylic acids is 1. The van der Waals surface area contributed by atoms with E-state index in [1.54, 1.807) is 0 Å². The molecule has 1 aliphatic rings. The first-order valence-corrected chi connectivity index (χ1v) is 6.57. The lowest BCUT2D eigenvalue weighted by Gasteiger charge is -2.30. The largest absolute Gasteiger partial charge is 0.381 e. The summed E-state index contributed by atoms with van der Waals surface area (Å²) in [5, 5.41) is 0. The molecule has 0 bridgehead atoms. The molecule has 1 saturated heterocycles. The van der Waals surface area contributed by atoms with Gasteiger partial charge in [0.25, 0.3) is 0 Å². The van der Waals surface area contributed by atoms with Gasteiger partial charge in [0.2, 0.25) is 5.91 Å². The summed E-state index contributed by atoms with van der Waals surface area (Å²) in [6, 6.07) is 8.21. The zero-order valence-electron chi connectivity index (χ0n) is 11.3. The number of hydrogen-bond donors (Lipinski definition) is 0. The third-order valence-electron chi connectivity index (χ3n) is 3.41. The predicted octanol–water partition coefficient (Wildman–Crippen LogP) is 2.77. The van der Waals surface area contributed by atoms with Gasteiger partial charge in [0, 0.05) is 18.3 Å². The summed E-state index contributed by atoms with van der Waals surface area (Å²) in [5.41, 5.74) is 2.16. The van der Waals surface area contributed by atoms with Crippen LogP contribution in [0, 0.1) is 12.8 Å². The Morgan fingerprint density at radius 1 is 1.39 bits per heavy atom. The maximum absolute atomic E-state index is 12.6. The van der Waals surface area contributed by atoms with E-state index >= 15 is 0 Å². The predicted molar refractivity (Wildman–Crippen MR) is 72.7 cm³/mol. The monoisotopic (exact) mass is 247 g/mol. The number of aryl methyl sites for hydroxylation is 1. The van der Waals surface area contributed by atoms with Gasteiger partial charge in [0.05, 0.1) is 12.5 Å². The molecule has 0 saturated carbocycles. The number of anilines is 1. The molecule has 1 aromatic rings. The molecule has 0 N–H and O–H groups in total. The molecule has 2 rings (SSSR count). The Morgan fingerprint density at radius 2 is 2.11 bits per heavy atom. The third kappa shape index (κ3) is 2.56. The number of ether oxygens (including phenoxy) is 1. The molecule has 0 spiro atoms. The lowest BCUT2D eigenvalue weighted by molar-refractivity contribution is -0.122. The SMILES string of the molecule is Cc1ccccc1N(C(=O)C1CCOC1)C(C)C. The van der Waals surface area contributed by atoms with E-state index in [4.69, 9.17) is 4.74 Å². The molecule has 1 amide bonds. The van der Waals surface area contributed by atoms with Crippen LogP contribution in [0.3, 0.4) is 0 Å². The number of amides is 1. The van der Waals surface area contributed by atoms with Crippen LogP contribution in [0.5, 0.6) is 0 Å². The molecule has 1 aliphatic heterocycles. The first-order chi connectivity index (χ1) is 8.61. The van der Waals surface area contributed by atoms with E-state index in [0.29, 0.717) is 13.2 Å². The van der Waals surface area contributed by atoms with Crippen LogP contribution in [-0.4, -0.2) is 25.2 Å². The van der Waals surface area contributed by atoms with E-state index in [9.17, 15) is 4.79 Å². The lowest BCUT2D eigenvalue weighted by Crippen LogP contribution is -2.41. The van der Waals surface area contributed by atoms with Gasteiger partial charge in [0.1, 0.15) is 0 Å². The fourth-order valence-corrected chi connectivity index (χ4v) is 2.41. The van der Waals surface area contributed by atoms with Crippen LogP contribution in [-0.2, 0) is 9.53 Å². The fraction of sp³-hybridized carbons (Fsp3) is 0.533. The first-order valence-electron chi connectivity index (χ1n) is 6.57. The highest BCUT2D eigenvalue weighted by atomic mass is 16.5. The van der Waals surface area contributed by atoms with Crippen LogP contribution < -0.4 is 4.90 Å². The highest BCUT2D eigenvalue weighted by molar-refractivity contribution is 5.96. The van der Waals surface area contributed by atoms with E-state index < -0.39 is 0 Å². The van der Waals surface area contributed by atoms with Crippen molar-refractivity contribution in [2.45, 2.75) is 33.2 Å². The van der Waals surface area contributed by atoms with Gasteiger partial charge in [-0.3, -0.25) is 4.79 Å². The fourth-order valence-electron chi connectivity index (χ4n) is 2.41. The van der Waals surface area contributed by atoms with Gasteiger partial charge in [-0.1, -0.05) is 18.2 Å². The zero-order valence-corrected chi connectivity index (χ0v) is 11.3. The second-order valence-electron chi connectivity index (χ2n) is 5.15. The average molecular weight is 247 g/mol. The van der Waals surface area contributed by atoms with Crippen LogP contribution in [0.1, 0.15) is 25.8 Å². The Hall–Kier alpha value is -1.35. The number of rotatable bonds is 3. The van der Waals surface area contributed by atoms with Crippen molar-refractivity contribution in [2.75, 3.05) is 18.1 Å². The van der Waals surface area contributed by atoms with Crippen molar-refractivity contribution in [1.82, 2.24) is 0 Å². The molecule has 1 atom stereocenters. The van der Waals surface area contributed by atoms with Gasteiger partial charge in [-0.2, -0.15) is 0 Å². The molecule has 3 nitrogen and oxygen atoms in total. The van der Waals surface area contributed by atoms with Crippen molar-refractivity contribution in [3.63, 3.8) is 0 Å². The van der Waals surface area contributed by atoms with E-state index in [1.807, 2.05) is 36.1 Å². The molecule has 0 aromatic heterocycles. The van der Waals surface area contributed by atoms with E-state index in [0.717, 1.165) is 17.7 Å². The maximum atomic E-state index is 12.6. The summed E-state index contributed by atoms with van der Waals surface area (Å²) in [6.07, 6.45) is 0.841. The molecule has 0 aliphatic carbocycles. The average Bonchev–Trinajstić information content (AvgIpc) is 2.85. The summed E-state index contributed by atoms with van der Waals surface area (Å²) in [4.78, 5) is 14.5. The normalized spacial score (nSPS) is 19.2. The van der Waals surface area contributed by atoms with E-state index in [2.05, 4.69) is 13.8 Å². The van der Waals surface area contributed by atoms with Crippen LogP contribution in [0.25, 0.3) is 0 Å². The summed E-state index contributed by atoms with van der Waals surface area (Å²) in [5.74, 6) is 0.212. The first kappa shape index (κ1) is 13.1. The number of para-hydroxylation sites is 1. The maximum Gasteiger partial charge on any atom is 0.232 e. The number of carbonyl (C=O) groups is 1. The van der Waals surface area contributed by atoms with Crippen LogP contribution in [0.2, 0.25) is 0 Å². The standard InChI is InChI=1S/C15H21NO2/c1-11(2)16(14-7-5-4-6-12(14)3)15(17)13-8-9-18-10-13/h4-7,11,13H,8-10H2,1-3H3. The van der Waals surface area contributed by atoms with Crippen molar-refractivity contribution >= 4 is 11.6 Å². The Bertz CT molecular complexity index is 422. The minimum atomic E-state index is 0.0204. The highest BCUT2D eigenvalue weighted by Crippen LogP contribution is 2.26. The Balaban J connectivity index is 2.28. The molecule has 1 aromatic carbocycles. The molecular formula is C15H21NO2. The molecule has 1 unspecified atom stereocenters. The number of nitrogens with zero attached hydrogens (tertiary/aromatic N) is 1. The Labute approximate surface area is 109 Å². The smallest absolute Gasteiger partial charge is 0.232 e. The zero-order chi connectivity index (χ0) is 13.1. The summed E-state index contributed by atoms with van der Waals surface area (Å²) < 4.78 is 5.33. The van der Waals surface area contributed by atoms with Crippen molar-refractivity contribution < 1.29 is 9.53 Å². The minimum absolute atomic E-state index is 0.0204. The van der Waals surface area contributed by atoms with Crippen molar-refractivity contribution in [3.8, 4) is 0 Å². The minimum Gasteiger partial charge on any atom is -0.381 e. The van der Waals surface area contributed by atoms with Crippen molar-refractivity contribution in [3.05, 3.63) is 29.8 Å². The summed E-state index contributed by atoms with van der Waals surface area (Å²) in [7, 11) is 0. The van der Waals surface area contributed by atoms with Gasteiger partial charge in [-0.25, -0.2) is 0 Å². The molecule has 1 heterocycles. The second-order valence-corrected chi connectivity index (χ2v) is 5.15. The quantitative estimate of drug-likeness (QED) is 0.822. The van der Waals surface area contributed by atoms with Crippen LogP contribution in [0.4, 0.5) is 5.69 Å². The lowest BCUT2D eigenvalue weighted by atomic mass is 10.0. The van der Waals surface area contributed by atoms with Gasteiger partial charge in [0.15, 0.2) is 0 Å². The summed E-state index contributed by atoms with van der Waals surface area (Å²) >= 11 is 0. The topological polar surface area (TPSA) is 29.5 Å². The molecule has 18 heavy (non-hydrogen) atoms. The van der Waals surface area contributed by atoms with Gasteiger partial charge >= 0.3 is 0 Å².